The number of nitrogens with one attached hydrogen (secondary N) is 1. The summed E-state index contributed by atoms with van der Waals surface area (Å²) in [5.74, 6) is 0.890. The van der Waals surface area contributed by atoms with Gasteiger partial charge in [0.1, 0.15) is 0 Å². The fraction of sp³-hybridized carbons (Fsp3) is 0.600. The van der Waals surface area contributed by atoms with Gasteiger partial charge in [0.25, 0.3) is 0 Å². The van der Waals surface area contributed by atoms with Crippen molar-refractivity contribution >= 4 is 17.3 Å². The number of nitrogens with zero attached hydrogens (tertiary/aromatic N) is 1. The van der Waals surface area contributed by atoms with E-state index < -0.39 is 0 Å². The third-order valence-electron chi connectivity index (χ3n) is 3.92. The zero-order valence-electron chi connectivity index (χ0n) is 11.4. The highest BCUT2D eigenvalue weighted by atomic mass is 35.5. The van der Waals surface area contributed by atoms with E-state index in [0.717, 1.165) is 17.5 Å². The molecule has 1 aliphatic heterocycles. The number of piperidine rings is 1. The SMILES string of the molecule is CNCCC1CCN(c2ccc(Cl)cc2C)CC1. The molecular formula is C15H23ClN2. The van der Waals surface area contributed by atoms with Crippen LogP contribution in [0.15, 0.2) is 18.2 Å². The van der Waals surface area contributed by atoms with Gasteiger partial charge in [-0.2, -0.15) is 0 Å². The van der Waals surface area contributed by atoms with Crippen LogP contribution in [-0.4, -0.2) is 26.7 Å². The Hall–Kier alpha value is -0.730. The average Bonchev–Trinajstić information content (AvgIpc) is 2.37. The molecule has 1 aromatic carbocycles. The van der Waals surface area contributed by atoms with Crippen molar-refractivity contribution in [2.45, 2.75) is 26.2 Å². The van der Waals surface area contributed by atoms with Crippen molar-refractivity contribution in [3.63, 3.8) is 0 Å². The molecule has 1 fully saturated rings. The second-order valence-electron chi connectivity index (χ2n) is 5.25. The van der Waals surface area contributed by atoms with Crippen LogP contribution in [0.25, 0.3) is 0 Å². The summed E-state index contributed by atoms with van der Waals surface area (Å²) < 4.78 is 0. The van der Waals surface area contributed by atoms with Crippen LogP contribution in [0.1, 0.15) is 24.8 Å². The lowest BCUT2D eigenvalue weighted by molar-refractivity contribution is 0.378. The van der Waals surface area contributed by atoms with Crippen LogP contribution in [0.2, 0.25) is 5.02 Å². The molecule has 0 radical (unpaired) electrons. The van der Waals surface area contributed by atoms with Gasteiger partial charge in [0, 0.05) is 23.8 Å². The maximum atomic E-state index is 6.01. The first-order valence-corrected chi connectivity index (χ1v) is 7.24. The van der Waals surface area contributed by atoms with Crippen LogP contribution < -0.4 is 10.2 Å². The van der Waals surface area contributed by atoms with E-state index in [1.165, 1.54) is 43.6 Å². The van der Waals surface area contributed by atoms with E-state index in [2.05, 4.69) is 29.3 Å². The second kappa shape index (κ2) is 6.44. The Balaban J connectivity index is 1.93. The van der Waals surface area contributed by atoms with Crippen LogP contribution in [0.4, 0.5) is 5.69 Å². The van der Waals surface area contributed by atoms with Gasteiger partial charge >= 0.3 is 0 Å². The summed E-state index contributed by atoms with van der Waals surface area (Å²) in [6.45, 7) is 5.65. The standard InChI is InChI=1S/C15H23ClN2/c1-12-11-14(16)3-4-15(12)18-9-6-13(7-10-18)5-8-17-2/h3-4,11,13,17H,5-10H2,1-2H3. The normalized spacial score (nSPS) is 17.2. The van der Waals surface area contributed by atoms with Gasteiger partial charge in [0.15, 0.2) is 0 Å². The Labute approximate surface area is 115 Å². The van der Waals surface area contributed by atoms with E-state index >= 15 is 0 Å². The Morgan fingerprint density at radius 1 is 1.33 bits per heavy atom. The van der Waals surface area contributed by atoms with Crippen molar-refractivity contribution in [2.75, 3.05) is 31.6 Å². The topological polar surface area (TPSA) is 15.3 Å². The quantitative estimate of drug-likeness (QED) is 0.898. The molecule has 18 heavy (non-hydrogen) atoms. The van der Waals surface area contributed by atoms with Gasteiger partial charge in [0.05, 0.1) is 0 Å². The molecule has 1 saturated heterocycles. The van der Waals surface area contributed by atoms with Crippen molar-refractivity contribution in [3.05, 3.63) is 28.8 Å². The number of hydrogen-bond acceptors (Lipinski definition) is 2. The fourth-order valence-electron chi connectivity index (χ4n) is 2.78. The van der Waals surface area contributed by atoms with E-state index in [9.17, 15) is 0 Å². The van der Waals surface area contributed by atoms with Gasteiger partial charge in [-0.3, -0.25) is 0 Å². The third kappa shape index (κ3) is 3.39. The van der Waals surface area contributed by atoms with E-state index in [0.29, 0.717) is 0 Å². The number of benzene rings is 1. The predicted molar refractivity (Wildman–Crippen MR) is 79.7 cm³/mol. The maximum Gasteiger partial charge on any atom is 0.0410 e. The highest BCUT2D eigenvalue weighted by Crippen LogP contribution is 2.28. The minimum Gasteiger partial charge on any atom is -0.371 e. The van der Waals surface area contributed by atoms with Crippen molar-refractivity contribution in [3.8, 4) is 0 Å². The van der Waals surface area contributed by atoms with E-state index in [1.807, 2.05) is 13.1 Å². The molecule has 0 amide bonds. The first-order chi connectivity index (χ1) is 8.70. The molecule has 0 aliphatic carbocycles. The Kier molecular flexibility index (Phi) is 4.90. The van der Waals surface area contributed by atoms with Gasteiger partial charge in [-0.05, 0) is 69.5 Å². The van der Waals surface area contributed by atoms with Gasteiger partial charge in [-0.1, -0.05) is 11.6 Å². The number of halogens is 1. The highest BCUT2D eigenvalue weighted by Gasteiger charge is 2.19. The number of aryl methyl sites for hydroxylation is 1. The maximum absolute atomic E-state index is 6.01. The Morgan fingerprint density at radius 2 is 2.06 bits per heavy atom. The molecule has 1 aromatic rings. The van der Waals surface area contributed by atoms with Crippen LogP contribution in [-0.2, 0) is 0 Å². The largest absolute Gasteiger partial charge is 0.371 e. The summed E-state index contributed by atoms with van der Waals surface area (Å²) >= 11 is 6.01. The molecule has 3 heteroatoms. The van der Waals surface area contributed by atoms with Crippen molar-refractivity contribution < 1.29 is 0 Å². The zero-order chi connectivity index (χ0) is 13.0. The smallest absolute Gasteiger partial charge is 0.0410 e. The second-order valence-corrected chi connectivity index (χ2v) is 5.69. The molecule has 0 saturated carbocycles. The van der Waals surface area contributed by atoms with E-state index in [-0.39, 0.29) is 0 Å². The molecule has 1 aliphatic rings. The molecular weight excluding hydrogens is 244 g/mol. The van der Waals surface area contributed by atoms with Crippen molar-refractivity contribution in [1.82, 2.24) is 5.32 Å². The van der Waals surface area contributed by atoms with Crippen molar-refractivity contribution in [1.29, 1.82) is 0 Å². The molecule has 100 valence electrons. The predicted octanol–water partition coefficient (Wildman–Crippen LogP) is 3.47. The Bertz CT molecular complexity index is 384. The summed E-state index contributed by atoms with van der Waals surface area (Å²) in [4.78, 5) is 2.50. The van der Waals surface area contributed by atoms with Gasteiger partial charge in [-0.25, -0.2) is 0 Å². The van der Waals surface area contributed by atoms with E-state index in [4.69, 9.17) is 11.6 Å². The zero-order valence-corrected chi connectivity index (χ0v) is 12.1. The lowest BCUT2D eigenvalue weighted by Crippen LogP contribution is -2.34. The lowest BCUT2D eigenvalue weighted by Gasteiger charge is -2.34. The molecule has 0 bridgehead atoms. The molecule has 0 aromatic heterocycles. The van der Waals surface area contributed by atoms with Crippen LogP contribution in [0.5, 0.6) is 0 Å². The van der Waals surface area contributed by atoms with Gasteiger partial charge in [-0.15, -0.1) is 0 Å². The minimum absolute atomic E-state index is 0.833. The molecule has 0 spiro atoms. The highest BCUT2D eigenvalue weighted by molar-refractivity contribution is 6.30. The average molecular weight is 267 g/mol. The molecule has 1 heterocycles. The summed E-state index contributed by atoms with van der Waals surface area (Å²) in [6.07, 6.45) is 3.93. The number of hydrogen-bond donors (Lipinski definition) is 1. The molecule has 0 atom stereocenters. The molecule has 0 unspecified atom stereocenters. The molecule has 1 N–H and O–H groups in total. The fourth-order valence-corrected chi connectivity index (χ4v) is 3.01. The molecule has 2 rings (SSSR count). The summed E-state index contributed by atoms with van der Waals surface area (Å²) in [6, 6.07) is 6.21. The molecule has 2 nitrogen and oxygen atoms in total. The summed E-state index contributed by atoms with van der Waals surface area (Å²) in [7, 11) is 2.03. The minimum atomic E-state index is 0.833. The van der Waals surface area contributed by atoms with Crippen molar-refractivity contribution in [2.24, 2.45) is 5.92 Å². The third-order valence-corrected chi connectivity index (χ3v) is 4.15. The first kappa shape index (κ1) is 13.7. The van der Waals surface area contributed by atoms with Gasteiger partial charge < -0.3 is 10.2 Å². The van der Waals surface area contributed by atoms with E-state index in [1.54, 1.807) is 0 Å². The van der Waals surface area contributed by atoms with Crippen LogP contribution in [0, 0.1) is 12.8 Å². The Morgan fingerprint density at radius 3 is 2.67 bits per heavy atom. The van der Waals surface area contributed by atoms with Crippen LogP contribution >= 0.6 is 11.6 Å². The summed E-state index contributed by atoms with van der Waals surface area (Å²) in [5.41, 5.74) is 2.64. The number of anilines is 1. The number of rotatable bonds is 4. The summed E-state index contributed by atoms with van der Waals surface area (Å²) in [5, 5.41) is 4.08. The van der Waals surface area contributed by atoms with Gasteiger partial charge in [0.2, 0.25) is 0 Å². The van der Waals surface area contributed by atoms with Crippen LogP contribution in [0.3, 0.4) is 0 Å². The first-order valence-electron chi connectivity index (χ1n) is 6.86. The lowest BCUT2D eigenvalue weighted by atomic mass is 9.93. The monoisotopic (exact) mass is 266 g/mol.